The number of pyridine rings is 1. The fourth-order valence-electron chi connectivity index (χ4n) is 1.98. The van der Waals surface area contributed by atoms with E-state index in [1.807, 2.05) is 12.1 Å². The average Bonchev–Trinajstić information content (AvgIpc) is 2.52. The SMILES string of the molecule is CCCCc1ccc(OCc2ccnc(C(=O)O)c2)cc1. The van der Waals surface area contributed by atoms with E-state index in [4.69, 9.17) is 9.84 Å². The summed E-state index contributed by atoms with van der Waals surface area (Å²) in [5.74, 6) is -0.249. The van der Waals surface area contributed by atoms with E-state index >= 15 is 0 Å². The van der Waals surface area contributed by atoms with Crippen LogP contribution in [0.2, 0.25) is 0 Å². The van der Waals surface area contributed by atoms with Gasteiger partial charge in [-0.2, -0.15) is 0 Å². The number of rotatable bonds is 7. The molecule has 4 heteroatoms. The number of aromatic carboxylic acids is 1. The molecule has 0 aliphatic rings. The predicted molar refractivity (Wildman–Crippen MR) is 80.6 cm³/mol. The topological polar surface area (TPSA) is 59.4 Å². The van der Waals surface area contributed by atoms with Crippen LogP contribution >= 0.6 is 0 Å². The number of aryl methyl sites for hydroxylation is 1. The first-order valence-electron chi connectivity index (χ1n) is 7.09. The first-order valence-corrected chi connectivity index (χ1v) is 7.09. The summed E-state index contributed by atoms with van der Waals surface area (Å²) >= 11 is 0. The molecule has 2 aromatic rings. The van der Waals surface area contributed by atoms with Crippen molar-refractivity contribution >= 4 is 5.97 Å². The van der Waals surface area contributed by atoms with Crippen molar-refractivity contribution in [1.82, 2.24) is 4.98 Å². The highest BCUT2D eigenvalue weighted by atomic mass is 16.5. The van der Waals surface area contributed by atoms with Gasteiger partial charge in [-0.25, -0.2) is 9.78 Å². The number of carboxylic acid groups (broad SMARTS) is 1. The Kier molecular flexibility index (Phi) is 5.32. The summed E-state index contributed by atoms with van der Waals surface area (Å²) in [6.07, 6.45) is 4.94. The number of ether oxygens (including phenoxy) is 1. The molecule has 1 aromatic heterocycles. The largest absolute Gasteiger partial charge is 0.489 e. The summed E-state index contributed by atoms with van der Waals surface area (Å²) in [5, 5.41) is 8.89. The van der Waals surface area contributed by atoms with Gasteiger partial charge in [0.25, 0.3) is 0 Å². The van der Waals surface area contributed by atoms with Crippen molar-refractivity contribution in [2.45, 2.75) is 32.8 Å². The van der Waals surface area contributed by atoms with Crippen molar-refractivity contribution in [3.05, 3.63) is 59.4 Å². The molecule has 0 fully saturated rings. The molecule has 0 saturated carbocycles. The molecular weight excluding hydrogens is 266 g/mol. The number of hydrogen-bond acceptors (Lipinski definition) is 3. The fraction of sp³-hybridized carbons (Fsp3) is 0.294. The maximum Gasteiger partial charge on any atom is 0.354 e. The second-order valence-electron chi connectivity index (χ2n) is 4.89. The summed E-state index contributed by atoms with van der Waals surface area (Å²) < 4.78 is 5.67. The van der Waals surface area contributed by atoms with Crippen molar-refractivity contribution in [3.8, 4) is 5.75 Å². The van der Waals surface area contributed by atoms with Crippen LogP contribution in [0.4, 0.5) is 0 Å². The van der Waals surface area contributed by atoms with Gasteiger partial charge in [-0.05, 0) is 48.2 Å². The number of carbonyl (C=O) groups is 1. The molecule has 0 aliphatic heterocycles. The molecule has 2 rings (SSSR count). The normalized spacial score (nSPS) is 10.3. The lowest BCUT2D eigenvalue weighted by atomic mass is 10.1. The lowest BCUT2D eigenvalue weighted by molar-refractivity contribution is 0.0690. The second kappa shape index (κ2) is 7.43. The number of benzene rings is 1. The van der Waals surface area contributed by atoms with Gasteiger partial charge < -0.3 is 9.84 Å². The monoisotopic (exact) mass is 285 g/mol. The Morgan fingerprint density at radius 2 is 1.95 bits per heavy atom. The molecule has 0 bridgehead atoms. The molecule has 1 heterocycles. The van der Waals surface area contributed by atoms with Gasteiger partial charge in [-0.15, -0.1) is 0 Å². The van der Waals surface area contributed by atoms with Crippen LogP contribution < -0.4 is 4.74 Å². The van der Waals surface area contributed by atoms with Gasteiger partial charge in [0.1, 0.15) is 18.1 Å². The third kappa shape index (κ3) is 4.60. The molecule has 0 spiro atoms. The van der Waals surface area contributed by atoms with Crippen LogP contribution in [0.15, 0.2) is 42.6 Å². The Bertz CT molecular complexity index is 593. The molecule has 0 saturated heterocycles. The van der Waals surface area contributed by atoms with Crippen molar-refractivity contribution in [1.29, 1.82) is 0 Å². The molecule has 21 heavy (non-hydrogen) atoms. The number of carboxylic acids is 1. The van der Waals surface area contributed by atoms with Crippen molar-refractivity contribution in [2.75, 3.05) is 0 Å². The third-order valence-electron chi connectivity index (χ3n) is 3.19. The Hall–Kier alpha value is -2.36. The highest BCUT2D eigenvalue weighted by Crippen LogP contribution is 2.15. The van der Waals surface area contributed by atoms with Gasteiger partial charge in [0.15, 0.2) is 0 Å². The van der Waals surface area contributed by atoms with E-state index < -0.39 is 5.97 Å². The summed E-state index contributed by atoms with van der Waals surface area (Å²) in [4.78, 5) is 14.6. The zero-order valence-electron chi connectivity index (χ0n) is 12.1. The molecule has 110 valence electrons. The first-order chi connectivity index (χ1) is 10.2. The molecule has 0 unspecified atom stereocenters. The van der Waals surface area contributed by atoms with Crippen molar-refractivity contribution < 1.29 is 14.6 Å². The summed E-state index contributed by atoms with van der Waals surface area (Å²) in [6, 6.07) is 11.3. The minimum absolute atomic E-state index is 0.0333. The van der Waals surface area contributed by atoms with E-state index in [9.17, 15) is 4.79 Å². The zero-order chi connectivity index (χ0) is 15.1. The Balaban J connectivity index is 1.93. The van der Waals surface area contributed by atoms with E-state index in [0.29, 0.717) is 6.61 Å². The summed E-state index contributed by atoms with van der Waals surface area (Å²) in [7, 11) is 0. The van der Waals surface area contributed by atoms with Gasteiger partial charge >= 0.3 is 5.97 Å². The quantitative estimate of drug-likeness (QED) is 0.842. The van der Waals surface area contributed by atoms with Crippen LogP contribution in [0.25, 0.3) is 0 Å². The highest BCUT2D eigenvalue weighted by Gasteiger charge is 2.05. The van der Waals surface area contributed by atoms with Gasteiger partial charge in [-0.1, -0.05) is 25.5 Å². The first kappa shape index (κ1) is 15.0. The van der Waals surface area contributed by atoms with Crippen LogP contribution in [0.1, 0.15) is 41.4 Å². The van der Waals surface area contributed by atoms with E-state index in [2.05, 4.69) is 24.0 Å². The van der Waals surface area contributed by atoms with Gasteiger partial charge in [0, 0.05) is 6.20 Å². The minimum Gasteiger partial charge on any atom is -0.489 e. The van der Waals surface area contributed by atoms with E-state index in [1.54, 1.807) is 6.07 Å². The van der Waals surface area contributed by atoms with E-state index in [0.717, 1.165) is 17.7 Å². The van der Waals surface area contributed by atoms with Crippen molar-refractivity contribution in [3.63, 3.8) is 0 Å². The number of hydrogen-bond donors (Lipinski definition) is 1. The van der Waals surface area contributed by atoms with Crippen molar-refractivity contribution in [2.24, 2.45) is 0 Å². The molecule has 4 nitrogen and oxygen atoms in total. The zero-order valence-corrected chi connectivity index (χ0v) is 12.1. The van der Waals surface area contributed by atoms with Gasteiger partial charge in [0.2, 0.25) is 0 Å². The lowest BCUT2D eigenvalue weighted by Gasteiger charge is -2.07. The van der Waals surface area contributed by atoms with E-state index in [1.165, 1.54) is 30.7 Å². The molecular formula is C17H19NO3. The fourth-order valence-corrected chi connectivity index (χ4v) is 1.98. The maximum atomic E-state index is 10.8. The summed E-state index contributed by atoms with van der Waals surface area (Å²) in [6.45, 7) is 2.51. The van der Waals surface area contributed by atoms with Crippen LogP contribution in [-0.2, 0) is 13.0 Å². The second-order valence-corrected chi connectivity index (χ2v) is 4.89. The standard InChI is InChI=1S/C17H19NO3/c1-2-3-4-13-5-7-15(8-6-13)21-12-14-9-10-18-16(11-14)17(19)20/h5-11H,2-4,12H2,1H3,(H,19,20). The Labute approximate surface area is 124 Å². The molecule has 0 radical (unpaired) electrons. The maximum absolute atomic E-state index is 10.8. The highest BCUT2D eigenvalue weighted by molar-refractivity contribution is 5.85. The number of nitrogens with zero attached hydrogens (tertiary/aromatic N) is 1. The molecule has 0 aliphatic carbocycles. The van der Waals surface area contributed by atoms with Crippen LogP contribution in [-0.4, -0.2) is 16.1 Å². The molecule has 1 aromatic carbocycles. The van der Waals surface area contributed by atoms with E-state index in [-0.39, 0.29) is 5.69 Å². The van der Waals surface area contributed by atoms with Gasteiger partial charge in [0.05, 0.1) is 0 Å². The van der Waals surface area contributed by atoms with Crippen LogP contribution in [0.3, 0.4) is 0 Å². The smallest absolute Gasteiger partial charge is 0.354 e. The van der Waals surface area contributed by atoms with Gasteiger partial charge in [-0.3, -0.25) is 0 Å². The Morgan fingerprint density at radius 3 is 2.62 bits per heavy atom. The molecule has 1 N–H and O–H groups in total. The molecule has 0 atom stereocenters. The number of unbranched alkanes of at least 4 members (excludes halogenated alkanes) is 1. The lowest BCUT2D eigenvalue weighted by Crippen LogP contribution is -2.03. The summed E-state index contributed by atoms with van der Waals surface area (Å²) in [5.41, 5.74) is 2.13. The molecule has 0 amide bonds. The number of aromatic nitrogens is 1. The average molecular weight is 285 g/mol. The Morgan fingerprint density at radius 1 is 1.19 bits per heavy atom. The predicted octanol–water partition coefficient (Wildman–Crippen LogP) is 3.70. The van der Waals surface area contributed by atoms with Crippen LogP contribution in [0.5, 0.6) is 5.75 Å². The third-order valence-corrected chi connectivity index (χ3v) is 3.19. The van der Waals surface area contributed by atoms with Crippen LogP contribution in [0, 0.1) is 0 Å². The minimum atomic E-state index is -1.03.